The van der Waals surface area contributed by atoms with Crippen LogP contribution in [0.15, 0.2) is 30.3 Å². The first-order chi connectivity index (χ1) is 17.4. The van der Waals surface area contributed by atoms with Crippen molar-refractivity contribution in [2.45, 2.75) is 54.3 Å². The maximum absolute atomic E-state index is 13.2. The Labute approximate surface area is 207 Å². The molecule has 3 heterocycles. The van der Waals surface area contributed by atoms with E-state index in [1.807, 2.05) is 12.1 Å². The van der Waals surface area contributed by atoms with E-state index in [2.05, 4.69) is 5.32 Å². The van der Waals surface area contributed by atoms with Crippen LogP contribution in [0.1, 0.15) is 46.9 Å². The molecular formula is C26H27NO9. The van der Waals surface area contributed by atoms with Gasteiger partial charge in [0.2, 0.25) is 12.6 Å². The zero-order valence-corrected chi connectivity index (χ0v) is 19.9. The minimum absolute atomic E-state index is 0.0857. The molecule has 2 aromatic rings. The molecule has 0 amide bonds. The summed E-state index contributed by atoms with van der Waals surface area (Å²) in [5, 5.41) is 25.2. The standard InChI is InChI=1S/C26H27NO9/c1-31-17-7-13(3-4-16(17)28)23(30)35-21-10-24-5-6-27-25(24)11-20(36-26(25,32-2)22(21)29)14-8-18-19(9-15(14)24)34-12-33-18/h3-4,7-9,20-22,27-29H,5-6,10-12H2,1-2H3/t20?,21?,22?,24-,25-,26+/m0/s1. The van der Waals surface area contributed by atoms with E-state index in [4.69, 9.17) is 28.4 Å². The first-order valence-corrected chi connectivity index (χ1v) is 12.1. The number of carbonyl (C=O) groups excluding carboxylic acids is 1. The molecule has 6 atom stereocenters. The van der Waals surface area contributed by atoms with Gasteiger partial charge in [-0.15, -0.1) is 0 Å². The number of phenolic OH excluding ortho intramolecular Hbond substituents is 1. The summed E-state index contributed by atoms with van der Waals surface area (Å²) in [6.07, 6.45) is -0.771. The first-order valence-electron chi connectivity index (χ1n) is 12.1. The van der Waals surface area contributed by atoms with Crippen molar-refractivity contribution in [2.24, 2.45) is 0 Å². The van der Waals surface area contributed by atoms with Crippen LogP contribution in [0.3, 0.4) is 0 Å². The number of fused-ring (bicyclic) bond motifs is 4. The van der Waals surface area contributed by atoms with E-state index in [9.17, 15) is 15.0 Å². The Bertz CT molecular complexity index is 1280. The van der Waals surface area contributed by atoms with E-state index in [1.165, 1.54) is 32.4 Å². The summed E-state index contributed by atoms with van der Waals surface area (Å²) in [6.45, 7) is 0.856. The Morgan fingerprint density at radius 3 is 2.72 bits per heavy atom. The van der Waals surface area contributed by atoms with E-state index in [0.717, 1.165) is 17.5 Å². The number of phenols is 1. The van der Waals surface area contributed by atoms with Crippen LogP contribution in [0.4, 0.5) is 0 Å². The highest BCUT2D eigenvalue weighted by Crippen LogP contribution is 2.70. The second kappa shape index (κ2) is 7.25. The van der Waals surface area contributed by atoms with E-state index in [0.29, 0.717) is 30.9 Å². The molecule has 2 aromatic carbocycles. The number of carbonyl (C=O) groups is 1. The van der Waals surface area contributed by atoms with E-state index >= 15 is 0 Å². The smallest absolute Gasteiger partial charge is 0.338 e. The normalized spacial score (nSPS) is 36.8. The van der Waals surface area contributed by atoms with Gasteiger partial charge in [-0.25, -0.2) is 4.79 Å². The van der Waals surface area contributed by atoms with Crippen LogP contribution in [0, 0.1) is 0 Å². The summed E-state index contributed by atoms with van der Waals surface area (Å²) in [5.41, 5.74) is 0.988. The SMILES string of the molecule is COc1cc(C(=O)OC2C[C@]34CCN[C@@]35CC(O[C@]5(OC)C2O)c2cc3c(cc24)OCO3)ccc1O. The molecule has 0 aromatic heterocycles. The molecule has 0 radical (unpaired) electrons. The lowest BCUT2D eigenvalue weighted by molar-refractivity contribution is -0.322. The van der Waals surface area contributed by atoms with Gasteiger partial charge >= 0.3 is 5.97 Å². The van der Waals surface area contributed by atoms with Crippen molar-refractivity contribution in [3.63, 3.8) is 0 Å². The largest absolute Gasteiger partial charge is 0.504 e. The van der Waals surface area contributed by atoms with E-state index in [1.54, 1.807) is 0 Å². The van der Waals surface area contributed by atoms with Gasteiger partial charge in [0.15, 0.2) is 23.0 Å². The monoisotopic (exact) mass is 497 g/mol. The lowest BCUT2D eigenvalue weighted by Crippen LogP contribution is -2.77. The zero-order chi connectivity index (χ0) is 24.9. The molecule has 10 heteroatoms. The molecule has 3 N–H and O–H groups in total. The van der Waals surface area contributed by atoms with Crippen molar-refractivity contribution in [3.8, 4) is 23.0 Å². The Balaban J connectivity index is 1.33. The topological polar surface area (TPSA) is 125 Å². The fraction of sp³-hybridized carbons (Fsp3) is 0.500. The number of aromatic hydroxyl groups is 1. The number of hydrogen-bond acceptors (Lipinski definition) is 10. The molecule has 1 saturated carbocycles. The lowest BCUT2D eigenvalue weighted by atomic mass is 9.51. The number of esters is 1. The molecule has 1 spiro atoms. The van der Waals surface area contributed by atoms with Gasteiger partial charge in [-0.3, -0.25) is 0 Å². The number of benzene rings is 2. The average Bonchev–Trinajstić information content (AvgIpc) is 3.59. The van der Waals surface area contributed by atoms with Gasteiger partial charge in [0.05, 0.1) is 24.3 Å². The van der Waals surface area contributed by atoms with Crippen LogP contribution in [0.25, 0.3) is 0 Å². The summed E-state index contributed by atoms with van der Waals surface area (Å²) in [6, 6.07) is 8.22. The van der Waals surface area contributed by atoms with Gasteiger partial charge in [0, 0.05) is 18.9 Å². The number of aliphatic hydroxyl groups excluding tert-OH is 1. The number of ether oxygens (including phenoxy) is 6. The maximum Gasteiger partial charge on any atom is 0.338 e. The number of nitrogens with one attached hydrogen (secondary N) is 1. The Kier molecular flexibility index (Phi) is 4.47. The first kappa shape index (κ1) is 22.2. The third-order valence-electron chi connectivity index (χ3n) is 8.87. The third kappa shape index (κ3) is 2.47. The minimum atomic E-state index is -1.44. The molecule has 3 aliphatic heterocycles. The fourth-order valence-corrected chi connectivity index (χ4v) is 7.41. The van der Waals surface area contributed by atoms with Crippen molar-refractivity contribution in [1.82, 2.24) is 5.32 Å². The lowest BCUT2D eigenvalue weighted by Gasteiger charge is -2.59. The van der Waals surface area contributed by atoms with Crippen LogP contribution in [0.5, 0.6) is 23.0 Å². The maximum atomic E-state index is 13.2. The van der Waals surface area contributed by atoms with Crippen LogP contribution in [0.2, 0.25) is 0 Å². The summed E-state index contributed by atoms with van der Waals surface area (Å²) in [4.78, 5) is 13.2. The third-order valence-corrected chi connectivity index (χ3v) is 8.87. The second-order valence-corrected chi connectivity index (χ2v) is 10.1. The van der Waals surface area contributed by atoms with Crippen molar-refractivity contribution in [1.29, 1.82) is 0 Å². The predicted octanol–water partition coefficient (Wildman–Crippen LogP) is 1.91. The highest BCUT2D eigenvalue weighted by atomic mass is 16.7. The molecule has 36 heavy (non-hydrogen) atoms. The van der Waals surface area contributed by atoms with Crippen molar-refractivity contribution >= 4 is 5.97 Å². The summed E-state index contributed by atoms with van der Waals surface area (Å²) < 4.78 is 35.1. The molecule has 3 fully saturated rings. The number of hydrogen-bond donors (Lipinski definition) is 3. The van der Waals surface area contributed by atoms with Gasteiger partial charge in [-0.2, -0.15) is 0 Å². The highest BCUT2D eigenvalue weighted by Gasteiger charge is 2.81. The average molecular weight is 498 g/mol. The second-order valence-electron chi connectivity index (χ2n) is 10.1. The summed E-state index contributed by atoms with van der Waals surface area (Å²) in [7, 11) is 2.93. The number of rotatable bonds is 4. The van der Waals surface area contributed by atoms with Crippen molar-refractivity contribution < 1.29 is 43.4 Å². The van der Waals surface area contributed by atoms with Crippen LogP contribution in [-0.4, -0.2) is 67.3 Å². The summed E-state index contributed by atoms with van der Waals surface area (Å²) >= 11 is 0. The van der Waals surface area contributed by atoms with E-state index in [-0.39, 0.29) is 30.0 Å². The highest BCUT2D eigenvalue weighted by molar-refractivity contribution is 5.90. The minimum Gasteiger partial charge on any atom is -0.504 e. The quantitative estimate of drug-likeness (QED) is 0.540. The zero-order valence-electron chi connectivity index (χ0n) is 19.9. The van der Waals surface area contributed by atoms with E-state index < -0.39 is 34.9 Å². The molecular weight excluding hydrogens is 470 g/mol. The number of aliphatic hydroxyl groups is 1. The van der Waals surface area contributed by atoms with Gasteiger partial charge in [-0.05, 0) is 60.8 Å². The molecule has 3 unspecified atom stereocenters. The van der Waals surface area contributed by atoms with Crippen LogP contribution in [-0.2, 0) is 19.6 Å². The molecule has 190 valence electrons. The van der Waals surface area contributed by atoms with Crippen molar-refractivity contribution in [2.75, 3.05) is 27.6 Å². The van der Waals surface area contributed by atoms with Crippen LogP contribution >= 0.6 is 0 Å². The predicted molar refractivity (Wildman–Crippen MR) is 122 cm³/mol. The Hall–Kier alpha value is -3.05. The van der Waals surface area contributed by atoms with Gasteiger partial charge in [-0.1, -0.05) is 0 Å². The molecule has 2 aliphatic carbocycles. The van der Waals surface area contributed by atoms with Crippen LogP contribution < -0.4 is 19.5 Å². The van der Waals surface area contributed by atoms with Gasteiger partial charge in [0.25, 0.3) is 0 Å². The van der Waals surface area contributed by atoms with Gasteiger partial charge in [0.1, 0.15) is 12.2 Å². The van der Waals surface area contributed by atoms with Gasteiger partial charge < -0.3 is 44.0 Å². The Morgan fingerprint density at radius 2 is 1.94 bits per heavy atom. The summed E-state index contributed by atoms with van der Waals surface area (Å²) in [5.74, 6) is -0.665. The Morgan fingerprint density at radius 1 is 1.14 bits per heavy atom. The molecule has 2 saturated heterocycles. The molecule has 2 bridgehead atoms. The fourth-order valence-electron chi connectivity index (χ4n) is 7.41. The number of methoxy groups -OCH3 is 2. The molecule has 5 aliphatic rings. The molecule has 7 rings (SSSR count). The van der Waals surface area contributed by atoms with Crippen molar-refractivity contribution in [3.05, 3.63) is 47.0 Å². The molecule has 10 nitrogen and oxygen atoms in total.